The lowest BCUT2D eigenvalue weighted by atomic mass is 10.4. The minimum absolute atomic E-state index is 0.604. The third kappa shape index (κ3) is 4.55. The van der Waals surface area contributed by atoms with Gasteiger partial charge in [-0.1, -0.05) is 78.5 Å². The van der Waals surface area contributed by atoms with Crippen molar-refractivity contribution in [3.63, 3.8) is 0 Å². The fraction of sp³-hybridized carbons (Fsp3) is 0.136. The molecule has 0 fully saturated rings. The Kier molecular flexibility index (Phi) is 6.58. The zero-order valence-electron chi connectivity index (χ0n) is 17.0. The van der Waals surface area contributed by atoms with Gasteiger partial charge in [0.2, 0.25) is 0 Å². The Labute approximate surface area is 182 Å². The van der Waals surface area contributed by atoms with Gasteiger partial charge in [0.05, 0.1) is 29.4 Å². The molecule has 0 N–H and O–H groups in total. The monoisotopic (exact) mass is 458 g/mol. The first-order valence-electron chi connectivity index (χ1n) is 9.22. The summed E-state index contributed by atoms with van der Waals surface area (Å²) in [6.07, 6.45) is 2.73. The van der Waals surface area contributed by atoms with Gasteiger partial charge in [0.25, 0.3) is 5.65 Å². The molecule has 2 heterocycles. The first-order chi connectivity index (χ1) is 14.1. The van der Waals surface area contributed by atoms with E-state index in [1.54, 1.807) is 0 Å². The van der Waals surface area contributed by atoms with Crippen LogP contribution in [0.3, 0.4) is 0 Å². The molecular formula is C22H23N2O3PS2. The van der Waals surface area contributed by atoms with Gasteiger partial charge >= 0.3 is 0 Å². The molecule has 30 heavy (non-hydrogen) atoms. The number of nitrogens with zero attached hydrogens (tertiary/aromatic N) is 2. The SMILES string of the molecule is CS(=O)(=O)[O-].Cc1c(P(=S)(c2ccccc2)c2ccccc2)[n+]2ccccc2n1C. The van der Waals surface area contributed by atoms with Crippen LogP contribution < -0.4 is 20.4 Å². The van der Waals surface area contributed by atoms with Gasteiger partial charge in [-0.2, -0.15) is 4.40 Å². The second kappa shape index (κ2) is 8.82. The molecule has 0 saturated heterocycles. The Morgan fingerprint density at radius 2 is 1.33 bits per heavy atom. The molecular weight excluding hydrogens is 435 g/mol. The standard InChI is InChI=1S/C21H20N2PS.CH4O3S/c1-17-21(23-16-10-9-15-20(23)22(17)2)24(25,18-11-5-3-6-12-18)19-13-7-4-8-14-19;1-5(2,3)4/h3-16H,1-2H3;1H3,(H,2,3,4)/q+1;/p-1. The second-order valence-electron chi connectivity index (χ2n) is 6.88. The van der Waals surface area contributed by atoms with Crippen LogP contribution >= 0.6 is 6.04 Å². The lowest BCUT2D eigenvalue weighted by molar-refractivity contribution is -0.490. The van der Waals surface area contributed by atoms with E-state index in [1.165, 1.54) is 21.7 Å². The summed E-state index contributed by atoms with van der Waals surface area (Å²) < 4.78 is 31.7. The predicted molar refractivity (Wildman–Crippen MR) is 125 cm³/mol. The number of aromatic nitrogens is 2. The van der Waals surface area contributed by atoms with Crippen molar-refractivity contribution in [2.75, 3.05) is 6.26 Å². The first-order valence-corrected chi connectivity index (χ1v) is 13.8. The molecule has 0 atom stereocenters. The average molecular weight is 459 g/mol. The lowest BCUT2D eigenvalue weighted by Crippen LogP contribution is -2.42. The number of imidazole rings is 1. The summed E-state index contributed by atoms with van der Waals surface area (Å²) in [5.74, 6) is 0. The molecule has 0 aliphatic heterocycles. The summed E-state index contributed by atoms with van der Waals surface area (Å²) in [5.41, 5.74) is 3.62. The maximum absolute atomic E-state index is 9.08. The number of rotatable bonds is 3. The van der Waals surface area contributed by atoms with Crippen molar-refractivity contribution in [2.45, 2.75) is 6.92 Å². The van der Waals surface area contributed by atoms with Crippen LogP contribution in [-0.2, 0) is 29.0 Å². The van der Waals surface area contributed by atoms with Crippen LogP contribution in [0.1, 0.15) is 5.69 Å². The van der Waals surface area contributed by atoms with Crippen LogP contribution in [0.4, 0.5) is 0 Å². The van der Waals surface area contributed by atoms with Crippen molar-refractivity contribution in [2.24, 2.45) is 7.05 Å². The Hall–Kier alpha value is -2.31. The fourth-order valence-electron chi connectivity index (χ4n) is 3.43. The lowest BCUT2D eigenvalue weighted by Gasteiger charge is -2.21. The van der Waals surface area contributed by atoms with Crippen molar-refractivity contribution in [3.05, 3.63) is 90.8 Å². The van der Waals surface area contributed by atoms with E-state index in [0.29, 0.717) is 6.26 Å². The second-order valence-corrected chi connectivity index (χ2v) is 12.6. The summed E-state index contributed by atoms with van der Waals surface area (Å²) in [7, 11) is -1.80. The smallest absolute Gasteiger partial charge is 0.286 e. The van der Waals surface area contributed by atoms with E-state index in [-0.39, 0.29) is 0 Å². The van der Waals surface area contributed by atoms with Gasteiger partial charge in [-0.25, -0.2) is 13.0 Å². The third-order valence-electron chi connectivity index (χ3n) is 4.77. The molecule has 0 aliphatic rings. The summed E-state index contributed by atoms with van der Waals surface area (Å²) in [5, 5.41) is 2.45. The molecule has 0 aliphatic carbocycles. The largest absolute Gasteiger partial charge is 0.748 e. The quantitative estimate of drug-likeness (QED) is 0.268. The van der Waals surface area contributed by atoms with Crippen LogP contribution in [0.5, 0.6) is 0 Å². The van der Waals surface area contributed by atoms with Crippen molar-refractivity contribution < 1.29 is 17.4 Å². The van der Waals surface area contributed by atoms with E-state index in [0.717, 1.165) is 5.65 Å². The predicted octanol–water partition coefficient (Wildman–Crippen LogP) is 1.99. The van der Waals surface area contributed by atoms with Crippen molar-refractivity contribution >= 4 is 49.7 Å². The Morgan fingerprint density at radius 3 is 1.80 bits per heavy atom. The minimum atomic E-state index is -3.92. The average Bonchev–Trinajstić information content (AvgIpc) is 2.99. The highest BCUT2D eigenvalue weighted by molar-refractivity contribution is 8.25. The van der Waals surface area contributed by atoms with Gasteiger partial charge < -0.3 is 4.55 Å². The van der Waals surface area contributed by atoms with Crippen LogP contribution in [0.25, 0.3) is 5.65 Å². The van der Waals surface area contributed by atoms with Gasteiger partial charge in [0, 0.05) is 19.2 Å². The summed E-state index contributed by atoms with van der Waals surface area (Å²) >= 11 is 6.51. The highest BCUT2D eigenvalue weighted by Crippen LogP contribution is 2.42. The zero-order chi connectivity index (χ0) is 21.9. The van der Waals surface area contributed by atoms with Crippen LogP contribution in [0.15, 0.2) is 85.1 Å². The van der Waals surface area contributed by atoms with E-state index in [4.69, 9.17) is 24.8 Å². The number of hydrogen-bond donors (Lipinski definition) is 0. The van der Waals surface area contributed by atoms with Crippen molar-refractivity contribution in [1.29, 1.82) is 0 Å². The normalized spacial score (nSPS) is 11.7. The molecule has 0 radical (unpaired) electrons. The third-order valence-corrected chi connectivity index (χ3v) is 9.74. The summed E-state index contributed by atoms with van der Waals surface area (Å²) in [6.45, 7) is 2.18. The van der Waals surface area contributed by atoms with Gasteiger partial charge in [0.15, 0.2) is 5.44 Å². The van der Waals surface area contributed by atoms with Gasteiger partial charge in [-0.05, 0) is 16.7 Å². The highest BCUT2D eigenvalue weighted by Gasteiger charge is 2.35. The van der Waals surface area contributed by atoms with Crippen LogP contribution in [-0.4, -0.2) is 23.8 Å². The Morgan fingerprint density at radius 1 is 0.900 bits per heavy atom. The molecule has 2 aromatic heterocycles. The first kappa shape index (κ1) is 22.4. The number of aryl methyl sites for hydroxylation is 1. The maximum atomic E-state index is 9.08. The Bertz CT molecular complexity index is 1270. The molecule has 4 rings (SSSR count). The van der Waals surface area contributed by atoms with Gasteiger partial charge in [0.1, 0.15) is 5.69 Å². The molecule has 0 spiro atoms. The van der Waals surface area contributed by atoms with Crippen molar-refractivity contribution in [1.82, 2.24) is 4.57 Å². The molecule has 0 unspecified atom stereocenters. The van der Waals surface area contributed by atoms with E-state index in [9.17, 15) is 0 Å². The number of hydrogen-bond acceptors (Lipinski definition) is 4. The number of fused-ring (bicyclic) bond motifs is 1. The van der Waals surface area contributed by atoms with E-state index >= 15 is 0 Å². The molecule has 0 saturated carbocycles. The molecule has 156 valence electrons. The zero-order valence-corrected chi connectivity index (χ0v) is 19.5. The highest BCUT2D eigenvalue weighted by atomic mass is 32.4. The number of benzene rings is 2. The van der Waals surface area contributed by atoms with Gasteiger partial charge in [-0.3, -0.25) is 0 Å². The summed E-state index contributed by atoms with van der Waals surface area (Å²) in [4.78, 5) is 0. The topological polar surface area (TPSA) is 66.2 Å². The number of pyridine rings is 1. The molecule has 0 bridgehead atoms. The molecule has 8 heteroatoms. The Balaban J connectivity index is 0.000000461. The molecule has 5 nitrogen and oxygen atoms in total. The maximum Gasteiger partial charge on any atom is 0.286 e. The summed E-state index contributed by atoms with van der Waals surface area (Å²) in [6, 6.07) is 25.3. The van der Waals surface area contributed by atoms with Crippen LogP contribution in [0.2, 0.25) is 0 Å². The molecule has 2 aromatic carbocycles. The van der Waals surface area contributed by atoms with E-state index in [1.807, 2.05) is 0 Å². The fourth-order valence-corrected chi connectivity index (χ4v) is 7.87. The minimum Gasteiger partial charge on any atom is -0.748 e. The van der Waals surface area contributed by atoms with E-state index in [2.05, 4.69) is 108 Å². The molecule has 0 amide bonds. The van der Waals surface area contributed by atoms with Gasteiger partial charge in [-0.15, -0.1) is 0 Å². The molecule has 4 aromatic rings. The van der Waals surface area contributed by atoms with Crippen molar-refractivity contribution in [3.8, 4) is 0 Å². The van der Waals surface area contributed by atoms with E-state index < -0.39 is 16.2 Å². The van der Waals surface area contributed by atoms with Crippen LogP contribution in [0, 0.1) is 6.92 Å².